The van der Waals surface area contributed by atoms with Crippen LogP contribution in [0, 0.1) is 11.8 Å². The Morgan fingerprint density at radius 2 is 1.51 bits per heavy atom. The average molecular weight is 508 g/mol. The van der Waals surface area contributed by atoms with Gasteiger partial charge in [-0.3, -0.25) is 23.6 Å². The smallest absolute Gasteiger partial charge is 0.332 e. The minimum absolute atomic E-state index is 0.129. The van der Waals surface area contributed by atoms with Gasteiger partial charge in [0, 0.05) is 24.2 Å². The summed E-state index contributed by atoms with van der Waals surface area (Å²) in [6, 6.07) is 8.54. The third-order valence-electron chi connectivity index (χ3n) is 9.82. The molecule has 2 aliphatic carbocycles. The second-order valence-electron chi connectivity index (χ2n) is 12.1. The Bertz CT molecular complexity index is 1240. The molecule has 3 heterocycles. The number of esters is 1. The lowest BCUT2D eigenvalue weighted by molar-refractivity contribution is -0.143. The predicted octanol–water partition coefficient (Wildman–Crippen LogP) is 4.64. The SMILES string of the molecule is CCOC(=O)Cn1c(=O)n([C@H]2C[C@H]3CCC[C@@H](C2)N3[C@@H]2C[C@@H]3CCCC[C@@H](C3)C2)c(=O)c2ccccc21. The van der Waals surface area contributed by atoms with Crippen LogP contribution in [-0.2, 0) is 16.1 Å². The first-order valence-electron chi connectivity index (χ1n) is 14.7. The number of carbonyl (C=O) groups is 1. The summed E-state index contributed by atoms with van der Waals surface area (Å²) in [6.07, 6.45) is 14.9. The summed E-state index contributed by atoms with van der Waals surface area (Å²) in [5, 5.41) is 0.496. The van der Waals surface area contributed by atoms with Crippen molar-refractivity contribution in [1.82, 2.24) is 14.0 Å². The van der Waals surface area contributed by atoms with Crippen LogP contribution in [0.1, 0.15) is 90.0 Å². The number of fused-ring (bicyclic) bond motifs is 5. The molecule has 1 aromatic carbocycles. The van der Waals surface area contributed by atoms with Gasteiger partial charge in [0.15, 0.2) is 0 Å². The van der Waals surface area contributed by atoms with E-state index < -0.39 is 5.97 Å². The molecule has 1 aromatic heterocycles. The standard InChI is InChI=1S/C30H41N3O4/c1-2-37-28(34)19-31-27-13-6-5-12-26(27)29(35)33(30(31)36)25-17-22-10-7-11-23(18-25)32(22)24-15-20-8-3-4-9-21(14-20)16-24/h5-6,12-13,20-25H,2-4,7-11,14-19H2,1H3/t20-,21+,22-,23+,24-,25+. The first kappa shape index (κ1) is 24.9. The molecular weight excluding hydrogens is 466 g/mol. The predicted molar refractivity (Wildman–Crippen MR) is 144 cm³/mol. The van der Waals surface area contributed by atoms with Gasteiger partial charge in [-0.1, -0.05) is 44.2 Å². The van der Waals surface area contributed by atoms with Gasteiger partial charge in [0.25, 0.3) is 5.56 Å². The number of piperidine rings is 2. The van der Waals surface area contributed by atoms with Crippen molar-refractivity contribution in [2.45, 2.75) is 115 Å². The Kier molecular flexibility index (Phi) is 6.99. The Balaban J connectivity index is 1.33. The van der Waals surface area contributed by atoms with E-state index in [1.807, 2.05) is 6.07 Å². The fourth-order valence-electron chi connectivity index (χ4n) is 8.46. The summed E-state index contributed by atoms with van der Waals surface area (Å²) < 4.78 is 8.09. The molecule has 2 saturated carbocycles. The van der Waals surface area contributed by atoms with Crippen LogP contribution in [0.4, 0.5) is 0 Å². The highest BCUT2D eigenvalue weighted by atomic mass is 16.5. The van der Waals surface area contributed by atoms with Crippen LogP contribution in [0.2, 0.25) is 0 Å². The molecule has 4 aliphatic rings. The van der Waals surface area contributed by atoms with Crippen molar-refractivity contribution in [1.29, 1.82) is 0 Å². The highest BCUT2D eigenvalue weighted by molar-refractivity contribution is 5.80. The number of ether oxygens (including phenoxy) is 1. The van der Waals surface area contributed by atoms with Crippen LogP contribution in [0.15, 0.2) is 33.9 Å². The van der Waals surface area contributed by atoms with E-state index in [0.29, 0.717) is 29.0 Å². The first-order valence-corrected chi connectivity index (χ1v) is 14.7. The van der Waals surface area contributed by atoms with Gasteiger partial charge in [-0.05, 0) is 75.8 Å². The highest BCUT2D eigenvalue weighted by Gasteiger charge is 2.45. The fraction of sp³-hybridized carbons (Fsp3) is 0.700. The average Bonchev–Trinajstić information content (AvgIpc) is 3.05. The lowest BCUT2D eigenvalue weighted by Crippen LogP contribution is -2.59. The summed E-state index contributed by atoms with van der Waals surface area (Å²) in [4.78, 5) is 42.8. The van der Waals surface area contributed by atoms with Gasteiger partial charge < -0.3 is 4.74 Å². The largest absolute Gasteiger partial charge is 0.465 e. The van der Waals surface area contributed by atoms with Crippen LogP contribution in [0.5, 0.6) is 0 Å². The van der Waals surface area contributed by atoms with Crippen molar-refractivity contribution in [2.24, 2.45) is 11.8 Å². The Morgan fingerprint density at radius 3 is 2.19 bits per heavy atom. The zero-order chi connectivity index (χ0) is 25.5. The van der Waals surface area contributed by atoms with Gasteiger partial charge in [0.1, 0.15) is 6.54 Å². The zero-order valence-corrected chi connectivity index (χ0v) is 22.1. The quantitative estimate of drug-likeness (QED) is 0.551. The van der Waals surface area contributed by atoms with Crippen molar-refractivity contribution in [2.75, 3.05) is 6.61 Å². The van der Waals surface area contributed by atoms with Gasteiger partial charge in [0.2, 0.25) is 0 Å². The molecule has 2 aliphatic heterocycles. The number of hydrogen-bond acceptors (Lipinski definition) is 5. The van der Waals surface area contributed by atoms with E-state index in [-0.39, 0.29) is 30.4 Å². The number of benzene rings is 1. The van der Waals surface area contributed by atoms with Gasteiger partial charge in [0.05, 0.1) is 17.5 Å². The first-order chi connectivity index (χ1) is 18.0. The second-order valence-corrected chi connectivity index (χ2v) is 12.1. The molecule has 0 unspecified atom stereocenters. The van der Waals surface area contributed by atoms with Crippen molar-refractivity contribution >= 4 is 16.9 Å². The van der Waals surface area contributed by atoms with Gasteiger partial charge in [-0.15, -0.1) is 0 Å². The lowest BCUT2D eigenvalue weighted by Gasteiger charge is -2.54. The van der Waals surface area contributed by atoms with Gasteiger partial charge in [-0.25, -0.2) is 4.79 Å². The summed E-state index contributed by atoms with van der Waals surface area (Å²) in [6.45, 7) is 1.84. The molecule has 6 rings (SSSR count). The van der Waals surface area contributed by atoms with Gasteiger partial charge in [-0.2, -0.15) is 0 Å². The molecule has 0 spiro atoms. The van der Waals surface area contributed by atoms with E-state index in [9.17, 15) is 14.4 Å². The summed E-state index contributed by atoms with van der Waals surface area (Å²) in [5.74, 6) is 1.30. The number of carbonyl (C=O) groups excluding carboxylic acids is 1. The monoisotopic (exact) mass is 507 g/mol. The summed E-state index contributed by atoms with van der Waals surface area (Å²) in [7, 11) is 0. The van der Waals surface area contributed by atoms with Gasteiger partial charge >= 0.3 is 11.7 Å². The van der Waals surface area contributed by atoms with Crippen LogP contribution in [-0.4, -0.2) is 44.7 Å². The molecule has 7 nitrogen and oxygen atoms in total. The maximum absolute atomic E-state index is 13.8. The molecule has 4 fully saturated rings. The number of nitrogens with zero attached hydrogens (tertiary/aromatic N) is 3. The second kappa shape index (κ2) is 10.4. The van der Waals surface area contributed by atoms with Crippen LogP contribution in [0.25, 0.3) is 10.9 Å². The van der Waals surface area contributed by atoms with E-state index in [2.05, 4.69) is 4.90 Å². The number of hydrogen-bond donors (Lipinski definition) is 0. The van der Waals surface area contributed by atoms with Crippen molar-refractivity contribution in [3.05, 3.63) is 45.1 Å². The topological polar surface area (TPSA) is 73.5 Å². The summed E-state index contributed by atoms with van der Waals surface area (Å²) >= 11 is 0. The van der Waals surface area contributed by atoms with Crippen LogP contribution < -0.4 is 11.2 Å². The van der Waals surface area contributed by atoms with E-state index >= 15 is 0 Å². The fourth-order valence-corrected chi connectivity index (χ4v) is 8.46. The zero-order valence-electron chi connectivity index (χ0n) is 22.1. The molecule has 2 aromatic rings. The molecule has 37 heavy (non-hydrogen) atoms. The number of para-hydroxylation sites is 1. The van der Waals surface area contributed by atoms with Crippen molar-refractivity contribution in [3.63, 3.8) is 0 Å². The number of aromatic nitrogens is 2. The molecular formula is C30H41N3O4. The molecule has 0 radical (unpaired) electrons. The third kappa shape index (κ3) is 4.68. The Labute approximate surface area is 218 Å². The van der Waals surface area contributed by atoms with E-state index in [1.54, 1.807) is 25.1 Å². The molecule has 0 N–H and O–H groups in total. The lowest BCUT2D eigenvalue weighted by atomic mass is 9.73. The Hall–Kier alpha value is -2.41. The van der Waals surface area contributed by atoms with E-state index in [4.69, 9.17) is 4.74 Å². The van der Waals surface area contributed by atoms with Crippen molar-refractivity contribution in [3.8, 4) is 0 Å². The molecule has 7 heteroatoms. The van der Waals surface area contributed by atoms with Crippen molar-refractivity contribution < 1.29 is 9.53 Å². The van der Waals surface area contributed by atoms with Crippen LogP contribution in [0.3, 0.4) is 0 Å². The molecule has 0 amide bonds. The highest BCUT2D eigenvalue weighted by Crippen LogP contribution is 2.46. The molecule has 6 atom stereocenters. The maximum Gasteiger partial charge on any atom is 0.332 e. The van der Waals surface area contributed by atoms with E-state index in [1.165, 1.54) is 60.5 Å². The Morgan fingerprint density at radius 1 is 0.838 bits per heavy atom. The molecule has 2 saturated heterocycles. The minimum atomic E-state index is -0.453. The maximum atomic E-state index is 13.8. The minimum Gasteiger partial charge on any atom is -0.465 e. The van der Waals surface area contributed by atoms with Crippen LogP contribution >= 0.6 is 0 Å². The third-order valence-corrected chi connectivity index (χ3v) is 9.82. The molecule has 200 valence electrons. The molecule has 4 bridgehead atoms. The normalized spacial score (nSPS) is 32.1. The van der Waals surface area contributed by atoms with E-state index in [0.717, 1.165) is 37.5 Å². The summed E-state index contributed by atoms with van der Waals surface area (Å²) in [5.41, 5.74) is -0.0953. The number of rotatable bonds is 5.